The van der Waals surface area contributed by atoms with Crippen LogP contribution in [0.15, 0.2) is 46.9 Å². The summed E-state index contributed by atoms with van der Waals surface area (Å²) in [5, 5.41) is 4.21. The Labute approximate surface area is 139 Å². The second-order valence-corrected chi connectivity index (χ2v) is 6.23. The Kier molecular flexibility index (Phi) is 5.95. The van der Waals surface area contributed by atoms with Crippen molar-refractivity contribution in [3.8, 4) is 5.75 Å². The van der Waals surface area contributed by atoms with E-state index >= 15 is 0 Å². The third-order valence-electron chi connectivity index (χ3n) is 3.12. The van der Waals surface area contributed by atoms with E-state index in [2.05, 4.69) is 35.1 Å². The Morgan fingerprint density at radius 2 is 2.05 bits per heavy atom. The van der Waals surface area contributed by atoms with Gasteiger partial charge in [0, 0.05) is 27.3 Å². The molecule has 4 heteroatoms. The summed E-state index contributed by atoms with van der Waals surface area (Å²) in [6.07, 6.45) is 1.00. The van der Waals surface area contributed by atoms with Gasteiger partial charge in [-0.1, -0.05) is 46.6 Å². The van der Waals surface area contributed by atoms with Crippen LogP contribution in [0.1, 0.15) is 31.9 Å². The van der Waals surface area contributed by atoms with Crippen molar-refractivity contribution in [2.45, 2.75) is 26.3 Å². The lowest BCUT2D eigenvalue weighted by atomic mass is 10.1. The van der Waals surface area contributed by atoms with E-state index in [-0.39, 0.29) is 6.04 Å². The minimum Gasteiger partial charge on any atom is -0.494 e. The predicted octanol–water partition coefficient (Wildman–Crippen LogP) is 6.06. The predicted molar refractivity (Wildman–Crippen MR) is 93.4 cm³/mol. The quantitative estimate of drug-likeness (QED) is 0.668. The lowest BCUT2D eigenvalue weighted by Crippen LogP contribution is -2.07. The van der Waals surface area contributed by atoms with Crippen LogP contribution in [0.3, 0.4) is 0 Å². The average Bonchev–Trinajstić information content (AvgIpc) is 2.45. The van der Waals surface area contributed by atoms with Crippen molar-refractivity contribution >= 4 is 33.2 Å². The van der Waals surface area contributed by atoms with Crippen LogP contribution in [0.4, 0.5) is 5.69 Å². The number of anilines is 1. The Hall–Kier alpha value is -1.19. The number of nitrogens with one attached hydrogen (secondary N) is 1. The maximum absolute atomic E-state index is 6.30. The Morgan fingerprint density at radius 1 is 1.24 bits per heavy atom. The summed E-state index contributed by atoms with van der Waals surface area (Å²) in [6.45, 7) is 4.92. The zero-order valence-corrected chi connectivity index (χ0v) is 14.5. The molecule has 0 radical (unpaired) electrons. The number of ether oxygens (including phenoxy) is 1. The van der Waals surface area contributed by atoms with Crippen molar-refractivity contribution in [1.29, 1.82) is 0 Å². The number of hydrogen-bond donors (Lipinski definition) is 1. The van der Waals surface area contributed by atoms with Crippen LogP contribution in [-0.2, 0) is 0 Å². The molecule has 2 aromatic rings. The Balaban J connectivity index is 2.10. The molecular formula is C17H19BrClNO. The van der Waals surface area contributed by atoms with Crippen LogP contribution in [0, 0.1) is 0 Å². The van der Waals surface area contributed by atoms with Crippen LogP contribution in [-0.4, -0.2) is 6.61 Å². The smallest absolute Gasteiger partial charge is 0.121 e. The maximum Gasteiger partial charge on any atom is 0.121 e. The van der Waals surface area contributed by atoms with Crippen LogP contribution < -0.4 is 10.1 Å². The molecule has 0 aliphatic rings. The largest absolute Gasteiger partial charge is 0.494 e. The molecule has 1 N–H and O–H groups in total. The fourth-order valence-corrected chi connectivity index (χ4v) is 2.91. The van der Waals surface area contributed by atoms with E-state index in [1.54, 1.807) is 0 Å². The summed E-state index contributed by atoms with van der Waals surface area (Å²) in [4.78, 5) is 0. The van der Waals surface area contributed by atoms with E-state index in [0.29, 0.717) is 0 Å². The topological polar surface area (TPSA) is 21.3 Å². The summed E-state index contributed by atoms with van der Waals surface area (Å²) < 4.78 is 6.63. The first-order valence-electron chi connectivity index (χ1n) is 7.04. The molecule has 0 heterocycles. The van der Waals surface area contributed by atoms with Gasteiger partial charge in [-0.25, -0.2) is 0 Å². The maximum atomic E-state index is 6.30. The highest BCUT2D eigenvalue weighted by atomic mass is 79.9. The minimum atomic E-state index is 0.118. The van der Waals surface area contributed by atoms with Gasteiger partial charge in [0.2, 0.25) is 0 Å². The molecule has 2 nitrogen and oxygen atoms in total. The summed E-state index contributed by atoms with van der Waals surface area (Å²) >= 11 is 9.72. The van der Waals surface area contributed by atoms with E-state index in [1.807, 2.05) is 42.5 Å². The van der Waals surface area contributed by atoms with Crippen LogP contribution >= 0.6 is 27.5 Å². The van der Waals surface area contributed by atoms with E-state index in [4.69, 9.17) is 16.3 Å². The molecule has 0 amide bonds. The summed E-state index contributed by atoms with van der Waals surface area (Å²) in [5.74, 6) is 0.885. The first-order valence-corrected chi connectivity index (χ1v) is 8.21. The molecule has 2 rings (SSSR count). The van der Waals surface area contributed by atoms with Crippen molar-refractivity contribution in [3.63, 3.8) is 0 Å². The van der Waals surface area contributed by atoms with E-state index in [9.17, 15) is 0 Å². The molecule has 0 bridgehead atoms. The number of halogens is 2. The normalized spacial score (nSPS) is 12.0. The second kappa shape index (κ2) is 7.71. The van der Waals surface area contributed by atoms with E-state index in [1.165, 1.54) is 0 Å². The van der Waals surface area contributed by atoms with Crippen molar-refractivity contribution in [2.24, 2.45) is 0 Å². The summed E-state index contributed by atoms with van der Waals surface area (Å²) in [5.41, 5.74) is 2.09. The van der Waals surface area contributed by atoms with Gasteiger partial charge in [-0.2, -0.15) is 0 Å². The van der Waals surface area contributed by atoms with Crippen LogP contribution in [0.5, 0.6) is 5.75 Å². The lowest BCUT2D eigenvalue weighted by molar-refractivity contribution is 0.317. The molecule has 2 aromatic carbocycles. The van der Waals surface area contributed by atoms with Gasteiger partial charge in [0.1, 0.15) is 5.75 Å². The molecule has 1 unspecified atom stereocenters. The molecule has 0 aliphatic carbocycles. The van der Waals surface area contributed by atoms with Gasteiger partial charge in [0.25, 0.3) is 0 Å². The second-order valence-electron chi connectivity index (χ2n) is 4.91. The zero-order valence-electron chi connectivity index (χ0n) is 12.2. The number of hydrogen-bond acceptors (Lipinski definition) is 2. The molecule has 0 fully saturated rings. The zero-order chi connectivity index (χ0) is 15.2. The third-order valence-corrected chi connectivity index (χ3v) is 3.94. The van der Waals surface area contributed by atoms with Gasteiger partial charge in [0.05, 0.1) is 6.61 Å². The highest BCUT2D eigenvalue weighted by Crippen LogP contribution is 2.29. The molecule has 112 valence electrons. The van der Waals surface area contributed by atoms with E-state index < -0.39 is 0 Å². The van der Waals surface area contributed by atoms with Crippen molar-refractivity contribution in [2.75, 3.05) is 11.9 Å². The first-order chi connectivity index (χ1) is 10.1. The van der Waals surface area contributed by atoms with Crippen LogP contribution in [0.2, 0.25) is 5.02 Å². The standard InChI is InChI=1S/C17H19BrClNO/c1-3-9-21-15-6-4-5-14(11-15)20-12(2)16-8-7-13(18)10-17(16)19/h4-8,10-12,20H,3,9H2,1-2H3. The molecular weight excluding hydrogens is 350 g/mol. The van der Waals surface area contributed by atoms with Crippen molar-refractivity contribution in [1.82, 2.24) is 0 Å². The van der Waals surface area contributed by atoms with Gasteiger partial charge in [-0.15, -0.1) is 0 Å². The van der Waals surface area contributed by atoms with Gasteiger partial charge in [0.15, 0.2) is 0 Å². The average molecular weight is 369 g/mol. The Bertz CT molecular complexity index is 603. The van der Waals surface area contributed by atoms with E-state index in [0.717, 1.165) is 39.5 Å². The van der Waals surface area contributed by atoms with Gasteiger partial charge in [-0.3, -0.25) is 0 Å². The molecule has 1 atom stereocenters. The molecule has 0 saturated heterocycles. The number of benzene rings is 2. The first kappa shape index (κ1) is 16.2. The minimum absolute atomic E-state index is 0.118. The molecule has 0 saturated carbocycles. The van der Waals surface area contributed by atoms with Crippen LogP contribution in [0.25, 0.3) is 0 Å². The summed E-state index contributed by atoms with van der Waals surface area (Å²) in [6, 6.07) is 14.1. The molecule has 0 aromatic heterocycles. The fraction of sp³-hybridized carbons (Fsp3) is 0.294. The SMILES string of the molecule is CCCOc1cccc(NC(C)c2ccc(Br)cc2Cl)c1. The van der Waals surface area contributed by atoms with Gasteiger partial charge in [-0.05, 0) is 43.2 Å². The van der Waals surface area contributed by atoms with Crippen molar-refractivity contribution in [3.05, 3.63) is 57.5 Å². The third kappa shape index (κ3) is 4.65. The highest BCUT2D eigenvalue weighted by molar-refractivity contribution is 9.10. The molecule has 21 heavy (non-hydrogen) atoms. The number of rotatable bonds is 6. The fourth-order valence-electron chi connectivity index (χ4n) is 2.08. The summed E-state index contributed by atoms with van der Waals surface area (Å²) in [7, 11) is 0. The highest BCUT2D eigenvalue weighted by Gasteiger charge is 2.10. The lowest BCUT2D eigenvalue weighted by Gasteiger charge is -2.18. The monoisotopic (exact) mass is 367 g/mol. The Morgan fingerprint density at radius 3 is 2.76 bits per heavy atom. The van der Waals surface area contributed by atoms with Gasteiger partial charge < -0.3 is 10.1 Å². The molecule has 0 aliphatic heterocycles. The van der Waals surface area contributed by atoms with Gasteiger partial charge >= 0.3 is 0 Å². The van der Waals surface area contributed by atoms with Crippen molar-refractivity contribution < 1.29 is 4.74 Å². The molecule has 0 spiro atoms.